The summed E-state index contributed by atoms with van der Waals surface area (Å²) in [5.41, 5.74) is 5.51. The van der Waals surface area contributed by atoms with Gasteiger partial charge in [0.2, 0.25) is 0 Å². The third kappa shape index (κ3) is 3.66. The first-order chi connectivity index (χ1) is 12.0. The maximum absolute atomic E-state index is 5.52. The van der Waals surface area contributed by atoms with Crippen LogP contribution in [0.4, 0.5) is 5.69 Å². The van der Waals surface area contributed by atoms with Gasteiger partial charge < -0.3 is 10.2 Å². The summed E-state index contributed by atoms with van der Waals surface area (Å²) < 4.78 is 0. The molecule has 4 aliphatic carbocycles. The minimum absolute atomic E-state index is 0.238. The Hall–Kier alpha value is -1.62. The van der Waals surface area contributed by atoms with Crippen molar-refractivity contribution in [3.05, 3.63) is 29.8 Å². The number of thiocarbonyl (C=S) groups is 1. The van der Waals surface area contributed by atoms with Gasteiger partial charge in [0, 0.05) is 25.3 Å². The van der Waals surface area contributed by atoms with Gasteiger partial charge in [-0.05, 0) is 86.2 Å². The van der Waals surface area contributed by atoms with Crippen LogP contribution in [0.3, 0.4) is 0 Å². The van der Waals surface area contributed by atoms with E-state index in [1.54, 1.807) is 0 Å². The minimum Gasteiger partial charge on any atom is -0.378 e. The first-order valence-corrected chi connectivity index (χ1v) is 9.81. The largest absolute Gasteiger partial charge is 0.378 e. The third-order valence-electron chi connectivity index (χ3n) is 6.21. The van der Waals surface area contributed by atoms with Crippen LogP contribution in [-0.4, -0.2) is 31.0 Å². The molecule has 0 spiro atoms. The van der Waals surface area contributed by atoms with Crippen LogP contribution in [0.2, 0.25) is 0 Å². The monoisotopic (exact) mass is 356 g/mol. The predicted octanol–water partition coefficient (Wildman–Crippen LogP) is 3.52. The highest BCUT2D eigenvalue weighted by Gasteiger charge is 2.51. The van der Waals surface area contributed by atoms with E-state index in [0.29, 0.717) is 5.11 Å². The molecule has 0 aliphatic heterocycles. The number of rotatable bonds is 4. The van der Waals surface area contributed by atoms with Gasteiger partial charge in [0.25, 0.3) is 0 Å². The molecular formula is C20H28N4S. The van der Waals surface area contributed by atoms with Crippen molar-refractivity contribution >= 4 is 29.2 Å². The molecule has 0 aromatic heterocycles. The van der Waals surface area contributed by atoms with Crippen LogP contribution in [0.5, 0.6) is 0 Å². The number of hydrogen-bond donors (Lipinski definition) is 2. The Morgan fingerprint density at radius 3 is 2.16 bits per heavy atom. The first kappa shape index (κ1) is 16.8. The molecule has 4 aliphatic rings. The Balaban J connectivity index is 1.32. The van der Waals surface area contributed by atoms with Gasteiger partial charge in [-0.15, -0.1) is 0 Å². The summed E-state index contributed by atoms with van der Waals surface area (Å²) in [4.78, 5) is 2.09. The topological polar surface area (TPSA) is 39.7 Å². The van der Waals surface area contributed by atoms with Crippen LogP contribution >= 0.6 is 12.2 Å². The highest BCUT2D eigenvalue weighted by atomic mass is 32.1. The zero-order valence-corrected chi connectivity index (χ0v) is 16.0. The third-order valence-corrected chi connectivity index (χ3v) is 6.40. The van der Waals surface area contributed by atoms with Gasteiger partial charge in [0.15, 0.2) is 5.11 Å². The summed E-state index contributed by atoms with van der Waals surface area (Å²) in [6.07, 6.45) is 10.0. The minimum atomic E-state index is 0.238. The van der Waals surface area contributed by atoms with Crippen molar-refractivity contribution < 1.29 is 0 Å². The summed E-state index contributed by atoms with van der Waals surface area (Å²) in [5, 5.41) is 8.63. The number of nitrogens with one attached hydrogen (secondary N) is 2. The fourth-order valence-electron chi connectivity index (χ4n) is 5.56. The van der Waals surface area contributed by atoms with E-state index < -0.39 is 0 Å². The molecule has 1 aromatic carbocycles. The maximum Gasteiger partial charge on any atom is 0.187 e. The van der Waals surface area contributed by atoms with Crippen LogP contribution in [0.15, 0.2) is 29.4 Å². The molecule has 0 saturated heterocycles. The van der Waals surface area contributed by atoms with E-state index in [9.17, 15) is 0 Å². The van der Waals surface area contributed by atoms with E-state index in [-0.39, 0.29) is 5.54 Å². The van der Waals surface area contributed by atoms with Gasteiger partial charge in [0.1, 0.15) is 0 Å². The lowest BCUT2D eigenvalue weighted by Crippen LogP contribution is -2.61. The lowest BCUT2D eigenvalue weighted by Gasteiger charge is -2.57. The summed E-state index contributed by atoms with van der Waals surface area (Å²) >= 11 is 5.52. The Kier molecular flexibility index (Phi) is 4.44. The van der Waals surface area contributed by atoms with Gasteiger partial charge in [-0.25, -0.2) is 0 Å². The molecule has 0 heterocycles. The Labute approximate surface area is 156 Å². The average molecular weight is 357 g/mol. The number of nitrogens with zero attached hydrogens (tertiary/aromatic N) is 2. The van der Waals surface area contributed by atoms with Crippen LogP contribution < -0.4 is 15.6 Å². The molecule has 5 heteroatoms. The number of hydrogen-bond acceptors (Lipinski definition) is 3. The van der Waals surface area contributed by atoms with Gasteiger partial charge >= 0.3 is 0 Å². The predicted molar refractivity (Wildman–Crippen MR) is 108 cm³/mol. The van der Waals surface area contributed by atoms with Gasteiger partial charge in [0.05, 0.1) is 6.21 Å². The maximum atomic E-state index is 5.52. The molecule has 0 radical (unpaired) electrons. The van der Waals surface area contributed by atoms with E-state index in [1.807, 2.05) is 20.3 Å². The number of hydrazone groups is 1. The lowest BCUT2D eigenvalue weighted by atomic mass is 9.53. The molecule has 2 N–H and O–H groups in total. The molecule has 1 aromatic rings. The Morgan fingerprint density at radius 1 is 1.08 bits per heavy atom. The van der Waals surface area contributed by atoms with Gasteiger partial charge in [-0.1, -0.05) is 12.1 Å². The number of benzene rings is 1. The van der Waals surface area contributed by atoms with E-state index in [4.69, 9.17) is 12.2 Å². The summed E-state index contributed by atoms with van der Waals surface area (Å²) in [6, 6.07) is 8.31. The second-order valence-electron chi connectivity index (χ2n) is 8.51. The van der Waals surface area contributed by atoms with Crippen molar-refractivity contribution in [2.45, 2.75) is 44.1 Å². The molecule has 4 fully saturated rings. The molecule has 4 nitrogen and oxygen atoms in total. The quantitative estimate of drug-likeness (QED) is 0.492. The van der Waals surface area contributed by atoms with E-state index in [0.717, 1.165) is 23.3 Å². The smallest absolute Gasteiger partial charge is 0.187 e. The summed E-state index contributed by atoms with van der Waals surface area (Å²) in [6.45, 7) is 0. The zero-order valence-electron chi connectivity index (χ0n) is 15.2. The van der Waals surface area contributed by atoms with E-state index in [2.05, 4.69) is 45.0 Å². The van der Waals surface area contributed by atoms with E-state index >= 15 is 0 Å². The van der Waals surface area contributed by atoms with Crippen LogP contribution in [0.25, 0.3) is 0 Å². The molecule has 0 unspecified atom stereocenters. The average Bonchev–Trinajstić information content (AvgIpc) is 2.53. The van der Waals surface area contributed by atoms with Crippen molar-refractivity contribution in [1.29, 1.82) is 0 Å². The molecule has 134 valence electrons. The number of anilines is 1. The van der Waals surface area contributed by atoms with Crippen molar-refractivity contribution in [3.8, 4) is 0 Å². The highest BCUT2D eigenvalue weighted by Crippen LogP contribution is 2.55. The second kappa shape index (κ2) is 6.60. The van der Waals surface area contributed by atoms with Crippen LogP contribution in [0, 0.1) is 17.8 Å². The summed E-state index contributed by atoms with van der Waals surface area (Å²) in [5.74, 6) is 2.75. The van der Waals surface area contributed by atoms with Gasteiger partial charge in [-0.2, -0.15) is 5.10 Å². The normalized spacial score (nSPS) is 32.8. The molecule has 5 rings (SSSR count). The fourth-order valence-corrected chi connectivity index (χ4v) is 5.83. The summed E-state index contributed by atoms with van der Waals surface area (Å²) in [7, 11) is 4.08. The van der Waals surface area contributed by atoms with Gasteiger partial charge in [-0.3, -0.25) is 5.43 Å². The standard InChI is InChI=1S/C20H28N4S/c1-24(2)18-5-3-14(4-6-18)13-21-23-19(25)22-20-10-15-7-16(11-20)9-17(8-15)12-20/h3-6,13,15-17H,7-12H2,1-2H3,(H2,22,23,25)/b21-13+. The van der Waals surface area contributed by atoms with Crippen LogP contribution in [-0.2, 0) is 0 Å². The Bertz CT molecular complexity index is 629. The first-order valence-electron chi connectivity index (χ1n) is 9.40. The molecule has 4 saturated carbocycles. The Morgan fingerprint density at radius 2 is 1.64 bits per heavy atom. The fraction of sp³-hybridized carbons (Fsp3) is 0.600. The highest BCUT2D eigenvalue weighted by molar-refractivity contribution is 7.80. The van der Waals surface area contributed by atoms with E-state index in [1.165, 1.54) is 44.2 Å². The molecule has 0 atom stereocenters. The molecule has 0 amide bonds. The molecule has 25 heavy (non-hydrogen) atoms. The SMILES string of the molecule is CN(C)c1ccc(/C=N/NC(=S)NC23CC4CC(CC(C4)C2)C3)cc1. The van der Waals surface area contributed by atoms with Crippen LogP contribution in [0.1, 0.15) is 44.1 Å². The van der Waals surface area contributed by atoms with Crippen molar-refractivity contribution in [1.82, 2.24) is 10.7 Å². The van der Waals surface area contributed by atoms with Crippen molar-refractivity contribution in [2.24, 2.45) is 22.9 Å². The molecular weight excluding hydrogens is 328 g/mol. The zero-order chi connectivity index (χ0) is 17.4. The molecule has 4 bridgehead atoms. The van der Waals surface area contributed by atoms with Crippen molar-refractivity contribution in [3.63, 3.8) is 0 Å². The van der Waals surface area contributed by atoms with Crippen molar-refractivity contribution in [2.75, 3.05) is 19.0 Å². The second-order valence-corrected chi connectivity index (χ2v) is 8.92. The lowest BCUT2D eigenvalue weighted by molar-refractivity contribution is -0.0101.